The minimum absolute atomic E-state index is 0.0442. The van der Waals surface area contributed by atoms with Gasteiger partial charge in [-0.3, -0.25) is 24.8 Å². The van der Waals surface area contributed by atoms with Crippen LogP contribution in [-0.2, 0) is 4.79 Å². The molecule has 9 nitrogen and oxygen atoms in total. The fraction of sp³-hybridized carbons (Fsp3) is 0.143. The van der Waals surface area contributed by atoms with Crippen LogP contribution in [0.4, 0.5) is 14.5 Å². The third-order valence-corrected chi connectivity index (χ3v) is 6.25. The van der Waals surface area contributed by atoms with Crippen LogP contribution in [0.2, 0.25) is 0 Å². The first-order chi connectivity index (χ1) is 18.7. The van der Waals surface area contributed by atoms with E-state index in [1.807, 2.05) is 0 Å². The number of halogens is 2. The summed E-state index contributed by atoms with van der Waals surface area (Å²) in [5.41, 5.74) is 3.24. The molecule has 1 aromatic carbocycles. The molecule has 0 bridgehead atoms. The van der Waals surface area contributed by atoms with E-state index in [1.54, 1.807) is 51.4 Å². The Balaban J connectivity index is 1.44. The van der Waals surface area contributed by atoms with Crippen molar-refractivity contribution in [3.8, 4) is 33.9 Å². The number of benzene rings is 1. The standard InChI is InChI=1S/C28H22F2N8O/c1-28(2,3)27(39)34-17-8-15(9-31-10-17)23-22(30)21-19(13-33-23)37-38-25(21)26-35-20-12-32-11-18(24(20)36-26)14-5-4-6-16(29)7-14/h4-13H,1-3H3,(H,34,39)(H,35,36)(H,37,38). The van der Waals surface area contributed by atoms with Gasteiger partial charge in [-0.25, -0.2) is 13.8 Å². The van der Waals surface area contributed by atoms with Crippen molar-refractivity contribution in [2.45, 2.75) is 20.8 Å². The Hall–Kier alpha value is -5.06. The summed E-state index contributed by atoms with van der Waals surface area (Å²) in [6, 6.07) is 7.76. The predicted molar refractivity (Wildman–Crippen MR) is 143 cm³/mol. The van der Waals surface area contributed by atoms with Crippen LogP contribution < -0.4 is 5.32 Å². The minimum Gasteiger partial charge on any atom is -0.335 e. The first kappa shape index (κ1) is 24.3. The summed E-state index contributed by atoms with van der Waals surface area (Å²) in [4.78, 5) is 32.9. The second-order valence-electron chi connectivity index (χ2n) is 10.1. The lowest BCUT2D eigenvalue weighted by Gasteiger charge is -2.17. The van der Waals surface area contributed by atoms with E-state index in [1.165, 1.54) is 30.7 Å². The number of H-pyrrole nitrogens is 2. The quantitative estimate of drug-likeness (QED) is 0.264. The molecule has 0 saturated heterocycles. The Kier molecular flexibility index (Phi) is 5.63. The van der Waals surface area contributed by atoms with Crippen molar-refractivity contribution < 1.29 is 13.6 Å². The average Bonchev–Trinajstić information content (AvgIpc) is 3.53. The molecular weight excluding hydrogens is 502 g/mol. The molecule has 0 saturated carbocycles. The number of nitrogens with zero attached hydrogens (tertiary/aromatic N) is 5. The van der Waals surface area contributed by atoms with Gasteiger partial charge in [-0.1, -0.05) is 32.9 Å². The SMILES string of the molecule is CC(C)(C)C(=O)Nc1cncc(-c2ncc3[nH]nc(-c4nc5c(-c6cccc(F)c6)cncc5[nH]4)c3c2F)c1. The Morgan fingerprint density at radius 3 is 2.54 bits per heavy atom. The second-order valence-corrected chi connectivity index (χ2v) is 10.1. The highest BCUT2D eigenvalue weighted by molar-refractivity contribution is 5.98. The van der Waals surface area contributed by atoms with Gasteiger partial charge >= 0.3 is 0 Å². The topological polar surface area (TPSA) is 125 Å². The number of rotatable bonds is 4. The van der Waals surface area contributed by atoms with Crippen LogP contribution in [0, 0.1) is 17.0 Å². The normalized spacial score (nSPS) is 11.8. The first-order valence-electron chi connectivity index (χ1n) is 12.1. The Morgan fingerprint density at radius 2 is 1.74 bits per heavy atom. The van der Waals surface area contributed by atoms with Crippen molar-refractivity contribution in [2.24, 2.45) is 5.41 Å². The number of fused-ring (bicyclic) bond motifs is 2. The molecule has 39 heavy (non-hydrogen) atoms. The molecule has 0 radical (unpaired) electrons. The third-order valence-electron chi connectivity index (χ3n) is 6.25. The van der Waals surface area contributed by atoms with E-state index < -0.39 is 11.2 Å². The smallest absolute Gasteiger partial charge is 0.229 e. The molecular formula is C28H22F2N8O. The van der Waals surface area contributed by atoms with Crippen molar-refractivity contribution in [2.75, 3.05) is 5.32 Å². The molecule has 0 unspecified atom stereocenters. The van der Waals surface area contributed by atoms with Crippen LogP contribution >= 0.6 is 0 Å². The van der Waals surface area contributed by atoms with Crippen LogP contribution in [0.5, 0.6) is 0 Å². The van der Waals surface area contributed by atoms with Crippen molar-refractivity contribution in [1.29, 1.82) is 0 Å². The van der Waals surface area contributed by atoms with Crippen molar-refractivity contribution in [3.63, 3.8) is 0 Å². The van der Waals surface area contributed by atoms with Gasteiger partial charge in [-0.2, -0.15) is 5.10 Å². The van der Waals surface area contributed by atoms with Crippen molar-refractivity contribution in [3.05, 3.63) is 73.0 Å². The van der Waals surface area contributed by atoms with E-state index in [0.717, 1.165) is 0 Å². The molecule has 6 rings (SSSR count). The maximum absolute atomic E-state index is 16.0. The van der Waals surface area contributed by atoms with Gasteiger partial charge in [0.2, 0.25) is 5.91 Å². The minimum atomic E-state index is -0.624. The molecule has 3 N–H and O–H groups in total. The fourth-order valence-corrected chi connectivity index (χ4v) is 4.22. The molecule has 11 heteroatoms. The Labute approximate surface area is 220 Å². The summed E-state index contributed by atoms with van der Waals surface area (Å²) in [6.45, 7) is 5.39. The predicted octanol–water partition coefficient (Wildman–Crippen LogP) is 5.89. The van der Waals surface area contributed by atoms with Gasteiger partial charge < -0.3 is 10.3 Å². The molecule has 0 fully saturated rings. The zero-order chi connectivity index (χ0) is 27.3. The highest BCUT2D eigenvalue weighted by Gasteiger charge is 2.23. The van der Waals surface area contributed by atoms with Crippen molar-refractivity contribution in [1.82, 2.24) is 35.1 Å². The highest BCUT2D eigenvalue weighted by Crippen LogP contribution is 2.34. The zero-order valence-corrected chi connectivity index (χ0v) is 21.2. The molecule has 0 atom stereocenters. The van der Waals surface area contributed by atoms with Crippen LogP contribution in [0.3, 0.4) is 0 Å². The Bertz CT molecular complexity index is 1890. The van der Waals surface area contributed by atoms with Gasteiger partial charge in [0.15, 0.2) is 11.6 Å². The van der Waals surface area contributed by atoms with E-state index >= 15 is 4.39 Å². The monoisotopic (exact) mass is 524 g/mol. The second kappa shape index (κ2) is 9.05. The van der Waals surface area contributed by atoms with Gasteiger partial charge in [0.1, 0.15) is 17.2 Å². The highest BCUT2D eigenvalue weighted by atomic mass is 19.1. The molecule has 0 spiro atoms. The molecule has 6 aromatic rings. The Morgan fingerprint density at radius 1 is 0.923 bits per heavy atom. The average molecular weight is 525 g/mol. The number of hydrogen-bond donors (Lipinski definition) is 3. The number of hydrogen-bond acceptors (Lipinski definition) is 6. The van der Waals surface area contributed by atoms with Gasteiger partial charge in [0.25, 0.3) is 0 Å². The van der Waals surface area contributed by atoms with Gasteiger partial charge in [0, 0.05) is 28.9 Å². The van der Waals surface area contributed by atoms with Crippen LogP contribution in [-0.4, -0.2) is 41.0 Å². The molecule has 194 valence electrons. The third kappa shape index (κ3) is 4.37. The van der Waals surface area contributed by atoms with E-state index in [0.29, 0.717) is 44.8 Å². The summed E-state index contributed by atoms with van der Waals surface area (Å²) < 4.78 is 29.9. The van der Waals surface area contributed by atoms with E-state index in [4.69, 9.17) is 0 Å². The number of pyridine rings is 3. The number of imidazole rings is 1. The summed E-state index contributed by atoms with van der Waals surface area (Å²) in [7, 11) is 0. The molecule has 0 aliphatic heterocycles. The van der Waals surface area contributed by atoms with Gasteiger partial charge in [-0.15, -0.1) is 0 Å². The number of amides is 1. The summed E-state index contributed by atoms with van der Waals surface area (Å²) in [6.07, 6.45) is 7.64. The lowest BCUT2D eigenvalue weighted by atomic mass is 9.95. The van der Waals surface area contributed by atoms with Gasteiger partial charge in [-0.05, 0) is 23.8 Å². The lowest BCUT2D eigenvalue weighted by Crippen LogP contribution is -2.27. The molecule has 1 amide bonds. The zero-order valence-electron chi connectivity index (χ0n) is 21.2. The van der Waals surface area contributed by atoms with Crippen molar-refractivity contribution >= 4 is 33.5 Å². The largest absolute Gasteiger partial charge is 0.335 e. The van der Waals surface area contributed by atoms with Crippen LogP contribution in [0.1, 0.15) is 20.8 Å². The maximum atomic E-state index is 16.0. The number of carbonyl (C=O) groups excluding carboxylic acids is 1. The number of carbonyl (C=O) groups is 1. The van der Waals surface area contributed by atoms with Crippen LogP contribution in [0.15, 0.2) is 61.3 Å². The fourth-order valence-electron chi connectivity index (χ4n) is 4.22. The van der Waals surface area contributed by atoms with E-state index in [9.17, 15) is 9.18 Å². The summed E-state index contributed by atoms with van der Waals surface area (Å²) in [5.74, 6) is -0.889. The number of aromatic nitrogens is 7. The van der Waals surface area contributed by atoms with E-state index in [-0.39, 0.29) is 28.5 Å². The summed E-state index contributed by atoms with van der Waals surface area (Å²) in [5, 5.41) is 10.1. The number of anilines is 1. The first-order valence-corrected chi connectivity index (χ1v) is 12.1. The number of aromatic amines is 2. The molecule has 5 aromatic heterocycles. The lowest BCUT2D eigenvalue weighted by molar-refractivity contribution is -0.123. The number of nitrogens with one attached hydrogen (secondary N) is 3. The molecule has 0 aliphatic carbocycles. The molecule has 0 aliphatic rings. The van der Waals surface area contributed by atoms with Gasteiger partial charge in [0.05, 0.1) is 46.2 Å². The van der Waals surface area contributed by atoms with Crippen LogP contribution in [0.25, 0.3) is 55.8 Å². The summed E-state index contributed by atoms with van der Waals surface area (Å²) >= 11 is 0. The van der Waals surface area contributed by atoms with E-state index in [2.05, 4.69) is 40.4 Å². The molecule has 5 heterocycles. The maximum Gasteiger partial charge on any atom is 0.229 e.